The van der Waals surface area contributed by atoms with Gasteiger partial charge in [-0.15, -0.1) is 0 Å². The van der Waals surface area contributed by atoms with Crippen LogP contribution in [0.3, 0.4) is 0 Å². The Kier molecular flexibility index (Phi) is 5.23. The van der Waals surface area contributed by atoms with Crippen LogP contribution in [0.25, 0.3) is 0 Å². The highest BCUT2D eigenvalue weighted by molar-refractivity contribution is 6.30. The summed E-state index contributed by atoms with van der Waals surface area (Å²) >= 11 is 6.12. The van der Waals surface area contributed by atoms with Crippen molar-refractivity contribution in [1.29, 1.82) is 0 Å². The van der Waals surface area contributed by atoms with Crippen LogP contribution in [0.2, 0.25) is 5.02 Å². The molecule has 1 atom stereocenters. The van der Waals surface area contributed by atoms with Crippen molar-refractivity contribution in [3.05, 3.63) is 106 Å². The van der Waals surface area contributed by atoms with Crippen LogP contribution in [-0.2, 0) is 11.8 Å². The van der Waals surface area contributed by atoms with Crippen LogP contribution in [0.1, 0.15) is 59.4 Å². The molecule has 1 heterocycles. The predicted octanol–water partition coefficient (Wildman–Crippen LogP) is 6.43. The molecule has 3 aromatic rings. The van der Waals surface area contributed by atoms with E-state index >= 15 is 0 Å². The molecule has 1 amide bonds. The molecule has 0 N–H and O–H groups in total. The van der Waals surface area contributed by atoms with Crippen molar-refractivity contribution >= 4 is 17.5 Å². The lowest BCUT2D eigenvalue weighted by Crippen LogP contribution is -2.40. The summed E-state index contributed by atoms with van der Waals surface area (Å²) in [4.78, 5) is 15.5. The molecule has 3 heteroatoms. The highest BCUT2D eigenvalue weighted by atomic mass is 35.5. The number of amides is 1. The summed E-state index contributed by atoms with van der Waals surface area (Å²) in [5, 5.41) is 0.702. The molecular formula is C26H26ClNO. The van der Waals surface area contributed by atoms with Crippen molar-refractivity contribution in [2.45, 2.75) is 38.6 Å². The van der Waals surface area contributed by atoms with E-state index in [9.17, 15) is 4.79 Å². The van der Waals surface area contributed by atoms with Gasteiger partial charge in [0.05, 0.1) is 6.04 Å². The van der Waals surface area contributed by atoms with Gasteiger partial charge in [0.2, 0.25) is 0 Å². The zero-order chi connectivity index (χ0) is 20.6. The van der Waals surface area contributed by atoms with Gasteiger partial charge in [0, 0.05) is 17.1 Å². The molecule has 29 heavy (non-hydrogen) atoms. The van der Waals surface area contributed by atoms with Gasteiger partial charge in [-0.25, -0.2) is 0 Å². The summed E-state index contributed by atoms with van der Waals surface area (Å²) in [5.74, 6) is 0.0694. The summed E-state index contributed by atoms with van der Waals surface area (Å²) in [5.41, 5.74) is 5.61. The van der Waals surface area contributed by atoms with E-state index in [-0.39, 0.29) is 17.4 Å². The Labute approximate surface area is 178 Å². The Morgan fingerprint density at radius 3 is 2.24 bits per heavy atom. The van der Waals surface area contributed by atoms with Crippen LogP contribution < -0.4 is 0 Å². The van der Waals surface area contributed by atoms with Gasteiger partial charge < -0.3 is 4.90 Å². The van der Waals surface area contributed by atoms with Gasteiger partial charge in [0.15, 0.2) is 0 Å². The van der Waals surface area contributed by atoms with E-state index in [0.29, 0.717) is 11.6 Å². The summed E-state index contributed by atoms with van der Waals surface area (Å²) in [6, 6.07) is 24.2. The smallest absolute Gasteiger partial charge is 0.254 e. The predicted molar refractivity (Wildman–Crippen MR) is 120 cm³/mol. The number of fused-ring (bicyclic) bond motifs is 1. The molecule has 0 aromatic heterocycles. The zero-order valence-corrected chi connectivity index (χ0v) is 17.9. The largest absolute Gasteiger partial charge is 0.327 e. The lowest BCUT2D eigenvalue weighted by Gasteiger charge is -2.38. The molecular weight excluding hydrogens is 378 g/mol. The number of hydrogen-bond donors (Lipinski definition) is 0. The maximum atomic E-state index is 13.5. The fourth-order valence-electron chi connectivity index (χ4n) is 4.07. The number of carbonyl (C=O) groups excluding carboxylic acids is 1. The van der Waals surface area contributed by atoms with Gasteiger partial charge in [0.1, 0.15) is 0 Å². The van der Waals surface area contributed by atoms with Crippen molar-refractivity contribution in [3.8, 4) is 0 Å². The Balaban J connectivity index is 1.73. The standard InChI is InChI=1S/C26H26ClNO/c1-26(2,3)21-12-8-20(9-13-21)25(29)28-17-16-18-6-4-5-7-23(18)24(28)19-10-14-22(27)15-11-19/h4-15,24H,16-17H2,1-3H3/t24-/m1/s1. The summed E-state index contributed by atoms with van der Waals surface area (Å²) in [6.07, 6.45) is 0.867. The van der Waals surface area contributed by atoms with Crippen molar-refractivity contribution in [2.75, 3.05) is 6.54 Å². The molecule has 4 rings (SSSR count). The maximum absolute atomic E-state index is 13.5. The molecule has 0 saturated heterocycles. The Hall–Kier alpha value is -2.58. The number of nitrogens with zero attached hydrogens (tertiary/aromatic N) is 1. The van der Waals surface area contributed by atoms with Crippen LogP contribution >= 0.6 is 11.6 Å². The Morgan fingerprint density at radius 1 is 0.931 bits per heavy atom. The van der Waals surface area contributed by atoms with Gasteiger partial charge in [-0.1, -0.05) is 80.9 Å². The highest BCUT2D eigenvalue weighted by Crippen LogP contribution is 2.36. The molecule has 0 bridgehead atoms. The fourth-order valence-corrected chi connectivity index (χ4v) is 4.19. The average molecular weight is 404 g/mol. The zero-order valence-electron chi connectivity index (χ0n) is 17.2. The molecule has 0 fully saturated rings. The molecule has 3 aromatic carbocycles. The van der Waals surface area contributed by atoms with Crippen LogP contribution in [0.5, 0.6) is 0 Å². The summed E-state index contributed by atoms with van der Waals surface area (Å²) < 4.78 is 0. The molecule has 1 aliphatic heterocycles. The van der Waals surface area contributed by atoms with Crippen molar-refractivity contribution in [2.24, 2.45) is 0 Å². The third-order valence-corrected chi connectivity index (χ3v) is 5.98. The molecule has 0 spiro atoms. The molecule has 148 valence electrons. The fraction of sp³-hybridized carbons (Fsp3) is 0.269. The van der Waals surface area contributed by atoms with E-state index in [2.05, 4.69) is 51.1 Å². The van der Waals surface area contributed by atoms with Gasteiger partial charge >= 0.3 is 0 Å². The normalized spacial score (nSPS) is 16.4. The van der Waals surface area contributed by atoms with Crippen LogP contribution in [-0.4, -0.2) is 17.4 Å². The third kappa shape index (κ3) is 3.95. The van der Waals surface area contributed by atoms with Crippen molar-refractivity contribution < 1.29 is 4.79 Å². The van der Waals surface area contributed by atoms with Gasteiger partial charge in [-0.3, -0.25) is 4.79 Å². The van der Waals surface area contributed by atoms with E-state index in [4.69, 9.17) is 11.6 Å². The first kappa shape index (κ1) is 19.7. The maximum Gasteiger partial charge on any atom is 0.254 e. The van der Waals surface area contributed by atoms with Crippen LogP contribution in [0.15, 0.2) is 72.8 Å². The molecule has 0 saturated carbocycles. The number of carbonyl (C=O) groups is 1. The summed E-state index contributed by atoms with van der Waals surface area (Å²) in [7, 11) is 0. The average Bonchev–Trinajstić information content (AvgIpc) is 2.72. The first-order valence-corrected chi connectivity index (χ1v) is 10.5. The summed E-state index contributed by atoms with van der Waals surface area (Å²) in [6.45, 7) is 7.25. The van der Waals surface area contributed by atoms with E-state index in [1.165, 1.54) is 16.7 Å². The van der Waals surface area contributed by atoms with E-state index in [0.717, 1.165) is 17.5 Å². The highest BCUT2D eigenvalue weighted by Gasteiger charge is 2.32. The van der Waals surface area contributed by atoms with Gasteiger partial charge in [0.25, 0.3) is 5.91 Å². The minimum atomic E-state index is -0.105. The van der Waals surface area contributed by atoms with E-state index in [1.54, 1.807) is 0 Å². The topological polar surface area (TPSA) is 20.3 Å². The number of hydrogen-bond acceptors (Lipinski definition) is 1. The lowest BCUT2D eigenvalue weighted by molar-refractivity contribution is 0.0694. The SMILES string of the molecule is CC(C)(C)c1ccc(C(=O)N2CCc3ccccc3[C@H]2c2ccc(Cl)cc2)cc1. The van der Waals surface area contributed by atoms with Crippen LogP contribution in [0.4, 0.5) is 0 Å². The van der Waals surface area contributed by atoms with Crippen molar-refractivity contribution in [3.63, 3.8) is 0 Å². The number of halogens is 1. The second-order valence-corrected chi connectivity index (χ2v) is 9.17. The van der Waals surface area contributed by atoms with E-state index < -0.39 is 0 Å². The Morgan fingerprint density at radius 2 is 1.59 bits per heavy atom. The van der Waals surface area contributed by atoms with E-state index in [1.807, 2.05) is 47.4 Å². The first-order chi connectivity index (χ1) is 13.8. The Bertz CT molecular complexity index is 1020. The monoisotopic (exact) mass is 403 g/mol. The first-order valence-electron chi connectivity index (χ1n) is 10.1. The quantitative estimate of drug-likeness (QED) is 0.483. The van der Waals surface area contributed by atoms with Gasteiger partial charge in [-0.2, -0.15) is 0 Å². The minimum absolute atomic E-state index is 0.0669. The second-order valence-electron chi connectivity index (χ2n) is 8.73. The van der Waals surface area contributed by atoms with Gasteiger partial charge in [-0.05, 0) is 58.4 Å². The minimum Gasteiger partial charge on any atom is -0.327 e. The number of rotatable bonds is 2. The molecule has 0 unspecified atom stereocenters. The number of benzene rings is 3. The van der Waals surface area contributed by atoms with Crippen molar-refractivity contribution in [1.82, 2.24) is 4.90 Å². The molecule has 0 radical (unpaired) electrons. The second kappa shape index (κ2) is 7.68. The third-order valence-electron chi connectivity index (χ3n) is 5.73. The molecule has 0 aliphatic carbocycles. The molecule has 2 nitrogen and oxygen atoms in total. The van der Waals surface area contributed by atoms with Crippen LogP contribution in [0, 0.1) is 0 Å². The molecule has 1 aliphatic rings. The lowest BCUT2D eigenvalue weighted by atomic mass is 9.86.